The molecule has 0 aliphatic carbocycles. The predicted octanol–water partition coefficient (Wildman–Crippen LogP) is 2.10. The van der Waals surface area contributed by atoms with Gasteiger partial charge in [0.05, 0.1) is 6.21 Å². The van der Waals surface area contributed by atoms with Gasteiger partial charge in [0.25, 0.3) is 0 Å². The number of nitrogens with one attached hydrogen (secondary N) is 1. The molecule has 2 amide bonds. The summed E-state index contributed by atoms with van der Waals surface area (Å²) in [5.41, 5.74) is 7.58. The second kappa shape index (κ2) is 4.97. The number of carbonyl (C=O) groups excluding carboxylic acids is 1. The van der Waals surface area contributed by atoms with Crippen molar-refractivity contribution in [3.05, 3.63) is 33.3 Å². The fourth-order valence-corrected chi connectivity index (χ4v) is 1.32. The lowest BCUT2D eigenvalue weighted by atomic mass is 10.2. The maximum atomic E-state index is 10.3. The fourth-order valence-electron chi connectivity index (χ4n) is 0.779. The second-order valence-electron chi connectivity index (χ2n) is 2.40. The molecule has 6 heteroatoms. The third-order valence-electron chi connectivity index (χ3n) is 1.34. The predicted molar refractivity (Wildman–Crippen MR) is 59.5 cm³/mol. The Bertz CT molecular complexity index is 381. The van der Waals surface area contributed by atoms with Crippen LogP contribution in [0.2, 0.25) is 5.02 Å². The van der Waals surface area contributed by atoms with Crippen LogP contribution in [-0.4, -0.2) is 12.2 Å². The highest BCUT2D eigenvalue weighted by molar-refractivity contribution is 9.10. The molecule has 3 N–H and O–H groups in total. The Balaban J connectivity index is 2.80. The Morgan fingerprint density at radius 3 is 3.00 bits per heavy atom. The lowest BCUT2D eigenvalue weighted by Gasteiger charge is -1.98. The average Bonchev–Trinajstić information content (AvgIpc) is 2.10. The van der Waals surface area contributed by atoms with Crippen molar-refractivity contribution in [3.8, 4) is 0 Å². The first-order chi connectivity index (χ1) is 6.59. The van der Waals surface area contributed by atoms with Crippen molar-refractivity contribution in [2.75, 3.05) is 0 Å². The molecule has 0 atom stereocenters. The fraction of sp³-hybridized carbons (Fsp3) is 0. The number of nitrogens with zero attached hydrogens (tertiary/aromatic N) is 1. The highest BCUT2D eigenvalue weighted by Gasteiger charge is 1.97. The number of benzene rings is 1. The van der Waals surface area contributed by atoms with E-state index in [0.29, 0.717) is 10.6 Å². The number of hydrogen-bond donors (Lipinski definition) is 2. The molecule has 0 aliphatic heterocycles. The van der Waals surface area contributed by atoms with Crippen molar-refractivity contribution in [3.63, 3.8) is 0 Å². The molecule has 1 rings (SSSR count). The van der Waals surface area contributed by atoms with Crippen LogP contribution in [0.3, 0.4) is 0 Å². The van der Waals surface area contributed by atoms with Crippen molar-refractivity contribution < 1.29 is 4.79 Å². The first kappa shape index (κ1) is 11.0. The number of urea groups is 1. The molecule has 14 heavy (non-hydrogen) atoms. The van der Waals surface area contributed by atoms with Gasteiger partial charge in [-0.05, 0) is 18.2 Å². The molecule has 0 bridgehead atoms. The van der Waals surface area contributed by atoms with Crippen LogP contribution in [0.1, 0.15) is 5.56 Å². The maximum absolute atomic E-state index is 10.3. The number of amides is 2. The second-order valence-corrected chi connectivity index (χ2v) is 3.72. The first-order valence-corrected chi connectivity index (χ1v) is 4.80. The van der Waals surface area contributed by atoms with Gasteiger partial charge in [0.1, 0.15) is 0 Å². The summed E-state index contributed by atoms with van der Waals surface area (Å²) in [6.07, 6.45) is 1.41. The monoisotopic (exact) mass is 275 g/mol. The Morgan fingerprint density at radius 1 is 1.64 bits per heavy atom. The smallest absolute Gasteiger partial charge is 0.332 e. The molecular formula is C8H7BrClN3O. The van der Waals surface area contributed by atoms with Gasteiger partial charge >= 0.3 is 6.03 Å². The van der Waals surface area contributed by atoms with E-state index < -0.39 is 6.03 Å². The standard InChI is InChI=1S/C8H7BrClN3O/c9-6-1-2-7(10)5(3-6)4-12-13-8(11)14/h1-4H,(H3,11,13,14). The number of hydrogen-bond acceptors (Lipinski definition) is 2. The first-order valence-electron chi connectivity index (χ1n) is 3.63. The van der Waals surface area contributed by atoms with Crippen LogP contribution >= 0.6 is 27.5 Å². The van der Waals surface area contributed by atoms with Crippen LogP contribution in [0.4, 0.5) is 4.79 Å². The number of carbonyl (C=O) groups is 1. The van der Waals surface area contributed by atoms with E-state index in [1.54, 1.807) is 18.2 Å². The lowest BCUT2D eigenvalue weighted by Crippen LogP contribution is -2.24. The normalized spacial score (nSPS) is 10.4. The number of nitrogens with two attached hydrogens (primary N) is 1. The summed E-state index contributed by atoms with van der Waals surface area (Å²) in [6, 6.07) is 4.58. The highest BCUT2D eigenvalue weighted by atomic mass is 79.9. The molecule has 1 aromatic rings. The number of rotatable bonds is 2. The van der Waals surface area contributed by atoms with Gasteiger partial charge in [0.2, 0.25) is 0 Å². The molecule has 0 aromatic heterocycles. The molecule has 0 heterocycles. The summed E-state index contributed by atoms with van der Waals surface area (Å²) in [6.45, 7) is 0. The van der Waals surface area contributed by atoms with E-state index in [4.69, 9.17) is 17.3 Å². The van der Waals surface area contributed by atoms with Crippen molar-refractivity contribution in [1.29, 1.82) is 0 Å². The summed E-state index contributed by atoms with van der Waals surface area (Å²) in [5.74, 6) is 0. The van der Waals surface area contributed by atoms with E-state index in [2.05, 4.69) is 26.5 Å². The molecule has 1 aromatic carbocycles. The van der Waals surface area contributed by atoms with E-state index >= 15 is 0 Å². The van der Waals surface area contributed by atoms with Crippen LogP contribution < -0.4 is 11.2 Å². The zero-order chi connectivity index (χ0) is 10.6. The van der Waals surface area contributed by atoms with Gasteiger partial charge in [-0.2, -0.15) is 5.10 Å². The Morgan fingerprint density at radius 2 is 2.36 bits per heavy atom. The van der Waals surface area contributed by atoms with E-state index in [1.165, 1.54) is 6.21 Å². The number of primary amides is 1. The number of hydrazone groups is 1. The number of halogens is 2. The van der Waals surface area contributed by atoms with Gasteiger partial charge in [0.15, 0.2) is 0 Å². The molecule has 0 saturated carbocycles. The third-order valence-corrected chi connectivity index (χ3v) is 2.17. The van der Waals surface area contributed by atoms with Crippen LogP contribution in [-0.2, 0) is 0 Å². The van der Waals surface area contributed by atoms with Gasteiger partial charge in [-0.3, -0.25) is 0 Å². The molecule has 0 spiro atoms. The molecule has 74 valence electrons. The highest BCUT2D eigenvalue weighted by Crippen LogP contribution is 2.19. The molecule has 0 unspecified atom stereocenters. The van der Waals surface area contributed by atoms with Crippen LogP contribution in [0.5, 0.6) is 0 Å². The molecule has 0 fully saturated rings. The topological polar surface area (TPSA) is 67.5 Å². The van der Waals surface area contributed by atoms with E-state index in [0.717, 1.165) is 4.47 Å². The van der Waals surface area contributed by atoms with Crippen molar-refractivity contribution in [2.24, 2.45) is 10.8 Å². The average molecular weight is 277 g/mol. The van der Waals surface area contributed by atoms with Gasteiger partial charge in [-0.25, -0.2) is 10.2 Å². The minimum Gasteiger partial charge on any atom is -0.350 e. The molecule has 0 radical (unpaired) electrons. The van der Waals surface area contributed by atoms with Crippen molar-refractivity contribution in [1.82, 2.24) is 5.43 Å². The molecule has 0 aliphatic rings. The van der Waals surface area contributed by atoms with Crippen LogP contribution in [0.25, 0.3) is 0 Å². The Hall–Kier alpha value is -1.07. The summed E-state index contributed by atoms with van der Waals surface area (Å²) in [7, 11) is 0. The van der Waals surface area contributed by atoms with Crippen molar-refractivity contribution >= 4 is 39.8 Å². The molecular weight excluding hydrogens is 269 g/mol. The van der Waals surface area contributed by atoms with Gasteiger partial charge in [-0.15, -0.1) is 0 Å². The van der Waals surface area contributed by atoms with E-state index in [-0.39, 0.29) is 0 Å². The van der Waals surface area contributed by atoms with Gasteiger partial charge in [0, 0.05) is 15.1 Å². The minimum atomic E-state index is -0.715. The minimum absolute atomic E-state index is 0.545. The molecule has 4 nitrogen and oxygen atoms in total. The zero-order valence-electron chi connectivity index (χ0n) is 7.00. The summed E-state index contributed by atoms with van der Waals surface area (Å²) >= 11 is 9.14. The summed E-state index contributed by atoms with van der Waals surface area (Å²) in [4.78, 5) is 10.3. The largest absolute Gasteiger partial charge is 0.350 e. The van der Waals surface area contributed by atoms with E-state index in [1.807, 2.05) is 0 Å². The quantitative estimate of drug-likeness (QED) is 0.630. The Kier molecular flexibility index (Phi) is 3.91. The lowest BCUT2D eigenvalue weighted by molar-refractivity contribution is 0.249. The van der Waals surface area contributed by atoms with Crippen LogP contribution in [0, 0.1) is 0 Å². The van der Waals surface area contributed by atoms with Gasteiger partial charge in [-0.1, -0.05) is 27.5 Å². The summed E-state index contributed by atoms with van der Waals surface area (Å²) in [5, 5.41) is 4.13. The van der Waals surface area contributed by atoms with E-state index in [9.17, 15) is 4.79 Å². The van der Waals surface area contributed by atoms with Crippen LogP contribution in [0.15, 0.2) is 27.8 Å². The third kappa shape index (κ3) is 3.35. The maximum Gasteiger partial charge on any atom is 0.332 e. The zero-order valence-corrected chi connectivity index (χ0v) is 9.34. The Labute approximate surface area is 94.2 Å². The summed E-state index contributed by atoms with van der Waals surface area (Å²) < 4.78 is 0.877. The van der Waals surface area contributed by atoms with Crippen molar-refractivity contribution in [2.45, 2.75) is 0 Å². The molecule has 0 saturated heterocycles. The van der Waals surface area contributed by atoms with Gasteiger partial charge < -0.3 is 5.73 Å². The SMILES string of the molecule is NC(=O)NN=Cc1cc(Br)ccc1Cl.